The molecule has 0 aromatic heterocycles. The average molecular weight is 233 g/mol. The van der Waals surface area contributed by atoms with Gasteiger partial charge in [0, 0.05) is 23.5 Å². The van der Waals surface area contributed by atoms with Gasteiger partial charge in [0.1, 0.15) is 5.78 Å². The zero-order valence-corrected chi connectivity index (χ0v) is 9.81. The molecule has 1 aromatic carbocycles. The number of rotatable bonds is 2. The van der Waals surface area contributed by atoms with Crippen molar-refractivity contribution in [2.75, 3.05) is 0 Å². The number of ketones is 1. The highest BCUT2D eigenvalue weighted by Gasteiger charge is 2.30. The summed E-state index contributed by atoms with van der Waals surface area (Å²) in [4.78, 5) is 22.6. The van der Waals surface area contributed by atoms with Crippen molar-refractivity contribution in [3.8, 4) is 0 Å². The maximum absolute atomic E-state index is 11.9. The second-order valence-corrected chi connectivity index (χ2v) is 4.53. The molecule has 4 nitrogen and oxygen atoms in total. The molecule has 0 bridgehead atoms. The van der Waals surface area contributed by atoms with Gasteiger partial charge < -0.3 is 0 Å². The molecule has 0 saturated heterocycles. The van der Waals surface area contributed by atoms with Gasteiger partial charge in [-0.1, -0.05) is 24.6 Å². The lowest BCUT2D eigenvalue weighted by atomic mass is 9.81. The highest BCUT2D eigenvalue weighted by molar-refractivity contribution is 5.87. The van der Waals surface area contributed by atoms with Crippen LogP contribution in [0.1, 0.15) is 42.7 Å². The molecular weight excluding hydrogens is 218 g/mol. The Morgan fingerprint density at radius 3 is 2.76 bits per heavy atom. The van der Waals surface area contributed by atoms with Crippen LogP contribution in [-0.4, -0.2) is 10.7 Å². The fourth-order valence-electron chi connectivity index (χ4n) is 2.52. The van der Waals surface area contributed by atoms with Gasteiger partial charge in [0.05, 0.1) is 4.92 Å². The lowest BCUT2D eigenvalue weighted by molar-refractivity contribution is -0.386. The minimum absolute atomic E-state index is 0.118. The van der Waals surface area contributed by atoms with Crippen LogP contribution in [0.25, 0.3) is 0 Å². The Kier molecular flexibility index (Phi) is 3.22. The van der Waals surface area contributed by atoms with E-state index in [0.717, 1.165) is 19.3 Å². The van der Waals surface area contributed by atoms with Gasteiger partial charge in [-0.25, -0.2) is 0 Å². The number of hydrogen-bond donors (Lipinski definition) is 0. The Morgan fingerprint density at radius 2 is 2.12 bits per heavy atom. The van der Waals surface area contributed by atoms with Crippen molar-refractivity contribution in [2.24, 2.45) is 0 Å². The van der Waals surface area contributed by atoms with E-state index in [1.54, 1.807) is 25.1 Å². The van der Waals surface area contributed by atoms with E-state index in [2.05, 4.69) is 0 Å². The fraction of sp³-hybridized carbons (Fsp3) is 0.462. The standard InChI is InChI=1S/C13H15NO3/c1-9-5-4-7-11(13(9)14(16)17)10-6-2-3-8-12(10)15/h4-5,7,10H,2-3,6,8H2,1H3. The van der Waals surface area contributed by atoms with Crippen molar-refractivity contribution >= 4 is 11.5 Å². The summed E-state index contributed by atoms with van der Waals surface area (Å²) in [6, 6.07) is 5.23. The smallest absolute Gasteiger partial charge is 0.276 e. The topological polar surface area (TPSA) is 60.2 Å². The molecule has 1 aliphatic rings. The molecule has 1 saturated carbocycles. The summed E-state index contributed by atoms with van der Waals surface area (Å²) < 4.78 is 0. The molecule has 1 aromatic rings. The van der Waals surface area contributed by atoms with E-state index in [0.29, 0.717) is 17.5 Å². The molecule has 17 heavy (non-hydrogen) atoms. The average Bonchev–Trinajstić information content (AvgIpc) is 2.28. The summed E-state index contributed by atoms with van der Waals surface area (Å²) in [6.45, 7) is 1.72. The summed E-state index contributed by atoms with van der Waals surface area (Å²) in [5.74, 6) is -0.131. The summed E-state index contributed by atoms with van der Waals surface area (Å²) in [7, 11) is 0. The minimum Gasteiger partial charge on any atom is -0.299 e. The lowest BCUT2D eigenvalue weighted by Gasteiger charge is -2.21. The number of benzene rings is 1. The van der Waals surface area contributed by atoms with Crippen molar-refractivity contribution in [1.82, 2.24) is 0 Å². The van der Waals surface area contributed by atoms with Crippen molar-refractivity contribution in [2.45, 2.75) is 38.5 Å². The zero-order chi connectivity index (χ0) is 12.4. The maximum Gasteiger partial charge on any atom is 0.276 e. The first-order chi connectivity index (χ1) is 8.11. The highest BCUT2D eigenvalue weighted by atomic mass is 16.6. The van der Waals surface area contributed by atoms with Gasteiger partial charge in [0.2, 0.25) is 0 Å². The third-order valence-electron chi connectivity index (χ3n) is 3.38. The minimum atomic E-state index is -0.368. The number of nitrogens with zero attached hydrogens (tertiary/aromatic N) is 1. The van der Waals surface area contributed by atoms with Crippen molar-refractivity contribution in [1.29, 1.82) is 0 Å². The number of carbonyl (C=O) groups is 1. The molecule has 90 valence electrons. The molecule has 0 radical (unpaired) electrons. The first kappa shape index (κ1) is 11.8. The van der Waals surface area contributed by atoms with Crippen LogP contribution in [0.5, 0.6) is 0 Å². The molecule has 1 fully saturated rings. The van der Waals surface area contributed by atoms with E-state index in [1.807, 2.05) is 0 Å². The number of para-hydroxylation sites is 1. The van der Waals surface area contributed by atoms with Crippen LogP contribution in [0.4, 0.5) is 5.69 Å². The SMILES string of the molecule is Cc1cccc(C2CCCCC2=O)c1[N+](=O)[O-]. The number of hydrogen-bond acceptors (Lipinski definition) is 3. The van der Waals surface area contributed by atoms with Crippen LogP contribution in [0.3, 0.4) is 0 Å². The van der Waals surface area contributed by atoms with Crippen LogP contribution in [0, 0.1) is 17.0 Å². The molecule has 1 unspecified atom stereocenters. The Balaban J connectivity index is 2.47. The molecular formula is C13H15NO3. The van der Waals surface area contributed by atoms with Gasteiger partial charge in [-0.2, -0.15) is 0 Å². The Hall–Kier alpha value is -1.71. The van der Waals surface area contributed by atoms with E-state index in [9.17, 15) is 14.9 Å². The Morgan fingerprint density at radius 1 is 1.35 bits per heavy atom. The molecule has 0 heterocycles. The highest BCUT2D eigenvalue weighted by Crippen LogP contribution is 2.36. The Bertz CT molecular complexity index is 468. The van der Waals surface area contributed by atoms with E-state index in [1.165, 1.54) is 0 Å². The van der Waals surface area contributed by atoms with Gasteiger partial charge in [-0.15, -0.1) is 0 Å². The van der Waals surface area contributed by atoms with Crippen molar-refractivity contribution in [3.05, 3.63) is 39.4 Å². The fourth-order valence-corrected chi connectivity index (χ4v) is 2.52. The molecule has 4 heteroatoms. The van der Waals surface area contributed by atoms with Crippen LogP contribution >= 0.6 is 0 Å². The second-order valence-electron chi connectivity index (χ2n) is 4.53. The second kappa shape index (κ2) is 4.65. The molecule has 0 spiro atoms. The third kappa shape index (κ3) is 2.20. The Labute approximate surface area is 99.8 Å². The van der Waals surface area contributed by atoms with E-state index >= 15 is 0 Å². The number of carbonyl (C=O) groups excluding carboxylic acids is 1. The molecule has 0 amide bonds. The van der Waals surface area contributed by atoms with Gasteiger partial charge in [-0.05, 0) is 19.8 Å². The van der Waals surface area contributed by atoms with E-state index in [4.69, 9.17) is 0 Å². The van der Waals surface area contributed by atoms with E-state index < -0.39 is 0 Å². The van der Waals surface area contributed by atoms with Gasteiger partial charge in [-0.3, -0.25) is 14.9 Å². The molecule has 1 atom stereocenters. The van der Waals surface area contributed by atoms with Crippen molar-refractivity contribution < 1.29 is 9.72 Å². The largest absolute Gasteiger partial charge is 0.299 e. The predicted octanol–water partition coefficient (Wildman–Crippen LogP) is 3.13. The third-order valence-corrected chi connectivity index (χ3v) is 3.38. The van der Waals surface area contributed by atoms with Crippen LogP contribution in [-0.2, 0) is 4.79 Å². The quantitative estimate of drug-likeness (QED) is 0.582. The summed E-state index contributed by atoms with van der Waals surface area (Å²) in [5, 5.41) is 11.1. The summed E-state index contributed by atoms with van der Waals surface area (Å²) >= 11 is 0. The van der Waals surface area contributed by atoms with Crippen LogP contribution < -0.4 is 0 Å². The number of nitro benzene ring substituents is 1. The normalized spacial score (nSPS) is 20.3. The number of Topliss-reactive ketones (excluding diaryl/α,β-unsaturated/α-hetero) is 1. The molecule has 0 N–H and O–H groups in total. The first-order valence-corrected chi connectivity index (χ1v) is 5.88. The zero-order valence-electron chi connectivity index (χ0n) is 9.81. The summed E-state index contributed by atoms with van der Waals surface area (Å²) in [6.07, 6.45) is 3.18. The lowest BCUT2D eigenvalue weighted by Crippen LogP contribution is -2.18. The van der Waals surface area contributed by atoms with Crippen LogP contribution in [0.2, 0.25) is 0 Å². The van der Waals surface area contributed by atoms with E-state index in [-0.39, 0.29) is 22.3 Å². The number of nitro groups is 1. The summed E-state index contributed by atoms with van der Waals surface area (Å²) in [5.41, 5.74) is 1.35. The predicted molar refractivity (Wildman–Crippen MR) is 64.0 cm³/mol. The molecule has 2 rings (SSSR count). The number of aryl methyl sites for hydroxylation is 1. The van der Waals surface area contributed by atoms with Gasteiger partial charge in [0.25, 0.3) is 5.69 Å². The maximum atomic E-state index is 11.9. The molecule has 0 aliphatic heterocycles. The van der Waals surface area contributed by atoms with Gasteiger partial charge >= 0.3 is 0 Å². The monoisotopic (exact) mass is 233 g/mol. The van der Waals surface area contributed by atoms with Crippen molar-refractivity contribution in [3.63, 3.8) is 0 Å². The van der Waals surface area contributed by atoms with Crippen LogP contribution in [0.15, 0.2) is 18.2 Å². The first-order valence-electron chi connectivity index (χ1n) is 5.88. The van der Waals surface area contributed by atoms with Gasteiger partial charge in [0.15, 0.2) is 0 Å². The molecule has 1 aliphatic carbocycles.